The van der Waals surface area contributed by atoms with Gasteiger partial charge in [-0.1, -0.05) is 17.7 Å². The number of rotatable bonds is 4. The van der Waals surface area contributed by atoms with Gasteiger partial charge in [0.2, 0.25) is 10.0 Å². The Hall–Kier alpha value is -1.48. The fourth-order valence-electron chi connectivity index (χ4n) is 2.39. The van der Waals surface area contributed by atoms with Gasteiger partial charge in [0.25, 0.3) is 0 Å². The van der Waals surface area contributed by atoms with E-state index >= 15 is 0 Å². The summed E-state index contributed by atoms with van der Waals surface area (Å²) in [5.74, 6) is -0.535. The molecule has 1 saturated heterocycles. The molecule has 0 bridgehead atoms. The molecule has 2 aromatic carbocycles. The molecule has 128 valence electrons. The molecular weight excluding hydrogens is 377 g/mol. The maximum absolute atomic E-state index is 12.9. The summed E-state index contributed by atoms with van der Waals surface area (Å²) in [5, 5.41) is -0.566. The highest BCUT2D eigenvalue weighted by Crippen LogP contribution is 2.29. The molecule has 0 amide bonds. The molecule has 0 atom stereocenters. The molecule has 0 aliphatic carbocycles. The van der Waals surface area contributed by atoms with Gasteiger partial charge in [-0.15, -0.1) is 0 Å². The van der Waals surface area contributed by atoms with Crippen molar-refractivity contribution in [1.29, 1.82) is 0 Å². The third-order valence-corrected chi connectivity index (χ3v) is 8.00. The van der Waals surface area contributed by atoms with Crippen molar-refractivity contribution >= 4 is 31.5 Å². The number of benzene rings is 2. The van der Waals surface area contributed by atoms with Gasteiger partial charge in [0.15, 0.2) is 9.84 Å². The molecular formula is C15H13ClFNO4S2. The first-order chi connectivity index (χ1) is 11.2. The van der Waals surface area contributed by atoms with Gasteiger partial charge in [0.1, 0.15) is 5.82 Å². The van der Waals surface area contributed by atoms with Crippen LogP contribution < -0.4 is 0 Å². The van der Waals surface area contributed by atoms with Crippen LogP contribution in [0.2, 0.25) is 5.02 Å². The number of sulfone groups is 1. The largest absolute Gasteiger partial charge is 0.243 e. The average Bonchev–Trinajstić information content (AvgIpc) is 2.45. The zero-order valence-electron chi connectivity index (χ0n) is 12.3. The van der Waals surface area contributed by atoms with Crippen LogP contribution in [0.4, 0.5) is 4.39 Å². The number of sulfonamides is 1. The van der Waals surface area contributed by atoms with Gasteiger partial charge >= 0.3 is 0 Å². The van der Waals surface area contributed by atoms with E-state index in [4.69, 9.17) is 11.6 Å². The Bertz CT molecular complexity index is 969. The summed E-state index contributed by atoms with van der Waals surface area (Å²) < 4.78 is 63.7. The number of halogens is 2. The van der Waals surface area contributed by atoms with Crippen molar-refractivity contribution in [3.8, 4) is 0 Å². The normalized spacial score (nSPS) is 16.8. The van der Waals surface area contributed by atoms with Gasteiger partial charge in [0.05, 0.1) is 15.0 Å². The lowest BCUT2D eigenvalue weighted by molar-refractivity contribution is 0.309. The molecule has 24 heavy (non-hydrogen) atoms. The number of nitrogens with zero attached hydrogens (tertiary/aromatic N) is 1. The van der Waals surface area contributed by atoms with Gasteiger partial charge in [-0.25, -0.2) is 21.2 Å². The third-order valence-electron chi connectivity index (χ3n) is 3.83. The number of hydrogen-bond acceptors (Lipinski definition) is 4. The Morgan fingerprint density at radius 2 is 1.58 bits per heavy atom. The lowest BCUT2D eigenvalue weighted by Gasteiger charge is -2.37. The zero-order chi connectivity index (χ0) is 17.5. The Balaban J connectivity index is 1.78. The van der Waals surface area contributed by atoms with Crippen LogP contribution in [0, 0.1) is 5.82 Å². The first-order valence-corrected chi connectivity index (χ1v) is 10.3. The predicted molar refractivity (Wildman–Crippen MR) is 87.6 cm³/mol. The van der Waals surface area contributed by atoms with E-state index in [-0.39, 0.29) is 27.9 Å². The van der Waals surface area contributed by atoms with E-state index in [1.54, 1.807) is 6.07 Å². The molecule has 0 radical (unpaired) electrons. The van der Waals surface area contributed by atoms with E-state index in [1.807, 2.05) is 0 Å². The summed E-state index contributed by atoms with van der Waals surface area (Å²) >= 11 is 5.80. The summed E-state index contributed by atoms with van der Waals surface area (Å²) in [6, 6.07) is 10.3. The predicted octanol–water partition coefficient (Wildman–Crippen LogP) is 2.33. The Kier molecular flexibility index (Phi) is 4.41. The fraction of sp³-hybridized carbons (Fsp3) is 0.200. The minimum absolute atomic E-state index is 0.0197. The maximum atomic E-state index is 12.9. The molecule has 0 unspecified atom stereocenters. The Morgan fingerprint density at radius 3 is 2.17 bits per heavy atom. The molecule has 0 N–H and O–H groups in total. The molecule has 1 aliphatic rings. The van der Waals surface area contributed by atoms with Crippen molar-refractivity contribution in [2.75, 3.05) is 13.1 Å². The van der Waals surface area contributed by atoms with Crippen molar-refractivity contribution < 1.29 is 21.2 Å². The van der Waals surface area contributed by atoms with Crippen molar-refractivity contribution in [1.82, 2.24) is 4.31 Å². The van der Waals surface area contributed by atoms with Crippen LogP contribution in [0.25, 0.3) is 0 Å². The topological polar surface area (TPSA) is 71.5 Å². The van der Waals surface area contributed by atoms with Crippen molar-refractivity contribution in [3.63, 3.8) is 0 Å². The lowest BCUT2D eigenvalue weighted by atomic mass is 10.3. The van der Waals surface area contributed by atoms with Gasteiger partial charge < -0.3 is 0 Å². The highest BCUT2D eigenvalue weighted by Gasteiger charge is 2.44. The maximum Gasteiger partial charge on any atom is 0.243 e. The van der Waals surface area contributed by atoms with Crippen LogP contribution in [0.15, 0.2) is 58.3 Å². The Morgan fingerprint density at radius 1 is 0.958 bits per heavy atom. The first kappa shape index (κ1) is 17.3. The Labute approximate surface area is 144 Å². The highest BCUT2D eigenvalue weighted by molar-refractivity contribution is 7.92. The fourth-order valence-corrected chi connectivity index (χ4v) is 6.06. The van der Waals surface area contributed by atoms with E-state index in [2.05, 4.69) is 0 Å². The summed E-state index contributed by atoms with van der Waals surface area (Å²) in [6.07, 6.45) is 0. The second-order valence-electron chi connectivity index (χ2n) is 5.40. The van der Waals surface area contributed by atoms with Crippen LogP contribution in [0.1, 0.15) is 0 Å². The minimum atomic E-state index is -3.78. The van der Waals surface area contributed by atoms with Gasteiger partial charge in [-0.3, -0.25) is 0 Å². The van der Waals surface area contributed by atoms with E-state index in [9.17, 15) is 21.2 Å². The average molecular weight is 390 g/mol. The summed E-state index contributed by atoms with van der Waals surface area (Å²) in [6.45, 7) is -0.289. The standard InChI is InChI=1S/C15H13ClFNO4S2/c16-11-2-1-3-14(8-11)24(21,22)18-9-15(10-18)23(19,20)13-6-4-12(17)5-7-13/h1-8,15H,9-10H2. The van der Waals surface area contributed by atoms with E-state index in [0.29, 0.717) is 0 Å². The van der Waals surface area contributed by atoms with Crippen LogP contribution >= 0.6 is 11.6 Å². The number of hydrogen-bond donors (Lipinski definition) is 0. The molecule has 5 nitrogen and oxygen atoms in total. The van der Waals surface area contributed by atoms with Gasteiger partial charge in [-0.2, -0.15) is 4.31 Å². The molecule has 2 aromatic rings. The summed E-state index contributed by atoms with van der Waals surface area (Å²) in [7, 11) is -7.48. The van der Waals surface area contributed by atoms with Gasteiger partial charge in [0, 0.05) is 18.1 Å². The summed E-state index contributed by atoms with van der Waals surface area (Å²) in [5.41, 5.74) is 0. The molecule has 0 aromatic heterocycles. The molecule has 1 fully saturated rings. The smallest absolute Gasteiger partial charge is 0.223 e. The van der Waals surface area contributed by atoms with Crippen LogP contribution in [0.5, 0.6) is 0 Å². The molecule has 1 aliphatic heterocycles. The monoisotopic (exact) mass is 389 g/mol. The lowest BCUT2D eigenvalue weighted by Crippen LogP contribution is -2.56. The van der Waals surface area contributed by atoms with E-state index < -0.39 is 30.9 Å². The molecule has 9 heteroatoms. The molecule has 0 saturated carbocycles. The van der Waals surface area contributed by atoms with Crippen LogP contribution in [-0.2, 0) is 19.9 Å². The van der Waals surface area contributed by atoms with E-state index in [1.165, 1.54) is 30.3 Å². The molecule has 1 heterocycles. The van der Waals surface area contributed by atoms with Crippen molar-refractivity contribution in [3.05, 3.63) is 59.4 Å². The van der Waals surface area contributed by atoms with Crippen LogP contribution in [-0.4, -0.2) is 39.5 Å². The quantitative estimate of drug-likeness (QED) is 0.752. The second-order valence-corrected chi connectivity index (χ2v) is 10.0. The minimum Gasteiger partial charge on any atom is -0.223 e. The summed E-state index contributed by atoms with van der Waals surface area (Å²) in [4.78, 5) is 0.00123. The van der Waals surface area contributed by atoms with Gasteiger partial charge in [-0.05, 0) is 42.5 Å². The van der Waals surface area contributed by atoms with E-state index in [0.717, 1.165) is 16.4 Å². The third kappa shape index (κ3) is 3.06. The van der Waals surface area contributed by atoms with Crippen molar-refractivity contribution in [2.45, 2.75) is 15.0 Å². The first-order valence-electron chi connectivity index (χ1n) is 6.96. The van der Waals surface area contributed by atoms with Crippen molar-refractivity contribution in [2.24, 2.45) is 0 Å². The highest BCUT2D eigenvalue weighted by atomic mass is 35.5. The zero-order valence-corrected chi connectivity index (χ0v) is 14.7. The van der Waals surface area contributed by atoms with Crippen LogP contribution in [0.3, 0.4) is 0 Å². The SMILES string of the molecule is O=S(=O)(c1ccc(F)cc1)C1CN(S(=O)(=O)c2cccc(Cl)c2)C1. The molecule has 3 rings (SSSR count). The second kappa shape index (κ2) is 6.11. The molecule has 0 spiro atoms.